The molecular formula is C32H51FN2O. The van der Waals surface area contributed by atoms with Crippen molar-refractivity contribution in [1.29, 1.82) is 0 Å². The number of aryl methyl sites for hydroxylation is 1. The second-order valence-electron chi connectivity index (χ2n) is 10.6. The molecule has 0 amide bonds. The predicted molar refractivity (Wildman–Crippen MR) is 151 cm³/mol. The van der Waals surface area contributed by atoms with Crippen molar-refractivity contribution in [2.24, 2.45) is 5.92 Å². The Morgan fingerprint density at radius 2 is 1.33 bits per heavy atom. The molecule has 0 spiro atoms. The van der Waals surface area contributed by atoms with E-state index in [-0.39, 0.29) is 6.61 Å². The quantitative estimate of drug-likeness (QED) is 0.161. The largest absolute Gasteiger partial charge is 0.487 e. The van der Waals surface area contributed by atoms with Gasteiger partial charge in [0.1, 0.15) is 12.8 Å². The molecule has 1 aromatic carbocycles. The van der Waals surface area contributed by atoms with E-state index in [1.807, 2.05) is 0 Å². The van der Waals surface area contributed by atoms with Crippen molar-refractivity contribution in [1.82, 2.24) is 9.97 Å². The Hall–Kier alpha value is -1.97. The van der Waals surface area contributed by atoms with E-state index in [0.29, 0.717) is 23.9 Å². The van der Waals surface area contributed by atoms with Crippen LogP contribution in [0.2, 0.25) is 0 Å². The average molecular weight is 499 g/mol. The molecule has 2 atom stereocenters. The highest BCUT2D eigenvalue weighted by Crippen LogP contribution is 2.20. The highest BCUT2D eigenvalue weighted by atomic mass is 19.1. The molecule has 0 aliphatic heterocycles. The van der Waals surface area contributed by atoms with Gasteiger partial charge in [-0.15, -0.1) is 0 Å². The van der Waals surface area contributed by atoms with Crippen molar-refractivity contribution in [3.8, 4) is 17.1 Å². The number of rotatable bonds is 21. The Bertz CT molecular complexity index is 778. The van der Waals surface area contributed by atoms with Crippen molar-refractivity contribution in [3.63, 3.8) is 0 Å². The lowest BCUT2D eigenvalue weighted by molar-refractivity contribution is 0.181. The lowest BCUT2D eigenvalue weighted by Crippen LogP contribution is -2.13. The fourth-order valence-corrected chi connectivity index (χ4v) is 4.77. The van der Waals surface area contributed by atoms with Gasteiger partial charge in [-0.25, -0.2) is 14.4 Å². The van der Waals surface area contributed by atoms with Crippen LogP contribution < -0.4 is 4.74 Å². The molecular weight excluding hydrogens is 447 g/mol. The number of unbranched alkanes of at least 4 members (excludes halogenated alkanes) is 9. The third kappa shape index (κ3) is 13.4. The zero-order chi connectivity index (χ0) is 25.8. The molecule has 3 nitrogen and oxygen atoms in total. The van der Waals surface area contributed by atoms with E-state index >= 15 is 0 Å². The summed E-state index contributed by atoms with van der Waals surface area (Å²) in [4.78, 5) is 8.86. The molecule has 2 rings (SSSR count). The molecule has 0 bridgehead atoms. The summed E-state index contributed by atoms with van der Waals surface area (Å²) in [5.41, 5.74) is 2.37. The minimum absolute atomic E-state index is 0.0680. The molecule has 2 unspecified atom stereocenters. The first-order chi connectivity index (χ1) is 17.6. The Labute approximate surface area is 220 Å². The topological polar surface area (TPSA) is 35.0 Å². The molecule has 0 radical (unpaired) electrons. The van der Waals surface area contributed by atoms with Gasteiger partial charge in [-0.3, -0.25) is 0 Å². The number of hydrogen-bond donors (Lipinski definition) is 0. The number of benzene rings is 1. The van der Waals surface area contributed by atoms with Crippen LogP contribution in [0.5, 0.6) is 5.75 Å². The Morgan fingerprint density at radius 1 is 0.722 bits per heavy atom. The molecule has 0 saturated carbocycles. The van der Waals surface area contributed by atoms with E-state index in [9.17, 15) is 4.39 Å². The Morgan fingerprint density at radius 3 is 1.94 bits per heavy atom. The first kappa shape index (κ1) is 30.3. The van der Waals surface area contributed by atoms with Gasteiger partial charge >= 0.3 is 0 Å². The van der Waals surface area contributed by atoms with E-state index in [0.717, 1.165) is 24.8 Å². The van der Waals surface area contributed by atoms with Gasteiger partial charge in [-0.05, 0) is 30.7 Å². The maximum Gasteiger partial charge on any atom is 0.159 e. The molecule has 0 aliphatic rings. The average Bonchev–Trinajstić information content (AvgIpc) is 2.89. The zero-order valence-corrected chi connectivity index (χ0v) is 23.3. The van der Waals surface area contributed by atoms with Crippen molar-refractivity contribution in [2.45, 2.75) is 130 Å². The first-order valence-electron chi connectivity index (χ1n) is 14.8. The molecule has 36 heavy (non-hydrogen) atoms. The number of ether oxygens (including phenoxy) is 1. The predicted octanol–water partition coefficient (Wildman–Crippen LogP) is 9.93. The summed E-state index contributed by atoms with van der Waals surface area (Å²) < 4.78 is 19.7. The van der Waals surface area contributed by atoms with Crippen LogP contribution >= 0.6 is 0 Å². The zero-order valence-electron chi connectivity index (χ0n) is 23.3. The van der Waals surface area contributed by atoms with Crippen LogP contribution in [-0.2, 0) is 6.42 Å². The minimum atomic E-state index is -0.943. The molecule has 1 heterocycles. The van der Waals surface area contributed by atoms with Gasteiger partial charge in [0.25, 0.3) is 0 Å². The molecule has 1 aromatic heterocycles. The van der Waals surface area contributed by atoms with E-state index in [4.69, 9.17) is 4.74 Å². The highest BCUT2D eigenvalue weighted by molar-refractivity contribution is 5.55. The summed E-state index contributed by atoms with van der Waals surface area (Å²) in [5, 5.41) is 0. The molecule has 202 valence electrons. The third-order valence-electron chi connectivity index (χ3n) is 7.09. The van der Waals surface area contributed by atoms with Crippen molar-refractivity contribution in [3.05, 3.63) is 42.2 Å². The molecule has 0 N–H and O–H groups in total. The summed E-state index contributed by atoms with van der Waals surface area (Å²) in [5.74, 6) is 1.88. The van der Waals surface area contributed by atoms with E-state index in [1.165, 1.54) is 82.6 Å². The fraction of sp³-hybridized carbons (Fsp3) is 0.688. The van der Waals surface area contributed by atoms with Gasteiger partial charge in [-0.2, -0.15) is 0 Å². The standard InChI is InChI=1S/C32H51FN2O/c1-4-6-7-8-9-10-11-12-13-14-18-28-20-22-29(23-21-28)32-34-24-31(25-35-32)36-26-30(33)19-15-17-27(3)16-5-2/h20-25,27,30H,4-19,26H2,1-3H3. The normalized spacial score (nSPS) is 13.0. The first-order valence-corrected chi connectivity index (χ1v) is 14.8. The second-order valence-corrected chi connectivity index (χ2v) is 10.6. The molecule has 0 fully saturated rings. The summed E-state index contributed by atoms with van der Waals surface area (Å²) in [7, 11) is 0. The molecule has 0 aliphatic carbocycles. The van der Waals surface area contributed by atoms with Crippen molar-refractivity contribution in [2.75, 3.05) is 6.61 Å². The summed E-state index contributed by atoms with van der Waals surface area (Å²) in [6.07, 6.45) is 22.1. The summed E-state index contributed by atoms with van der Waals surface area (Å²) in [6, 6.07) is 8.56. The van der Waals surface area contributed by atoms with Gasteiger partial charge in [-0.1, -0.05) is 129 Å². The summed E-state index contributed by atoms with van der Waals surface area (Å²) in [6.45, 7) is 6.79. The Kier molecular flexibility index (Phi) is 16.1. The van der Waals surface area contributed by atoms with Crippen LogP contribution in [0.4, 0.5) is 4.39 Å². The van der Waals surface area contributed by atoms with Gasteiger partial charge in [0.2, 0.25) is 0 Å². The van der Waals surface area contributed by atoms with Gasteiger partial charge in [0.05, 0.1) is 12.4 Å². The number of hydrogen-bond acceptors (Lipinski definition) is 3. The van der Waals surface area contributed by atoms with Crippen LogP contribution in [0.1, 0.15) is 123 Å². The van der Waals surface area contributed by atoms with Crippen LogP contribution in [0, 0.1) is 5.92 Å². The maximum atomic E-state index is 14.2. The van der Waals surface area contributed by atoms with Crippen LogP contribution in [0.15, 0.2) is 36.7 Å². The van der Waals surface area contributed by atoms with E-state index in [1.54, 1.807) is 12.4 Å². The SMILES string of the molecule is CCCCCCCCCCCCc1ccc(-c2ncc(OCC(F)CCCC(C)CCC)cn2)cc1. The fourth-order valence-electron chi connectivity index (χ4n) is 4.77. The van der Waals surface area contributed by atoms with Gasteiger partial charge in [0.15, 0.2) is 11.6 Å². The maximum absolute atomic E-state index is 14.2. The lowest BCUT2D eigenvalue weighted by atomic mass is 9.98. The van der Waals surface area contributed by atoms with Crippen LogP contribution in [0.3, 0.4) is 0 Å². The number of halogens is 1. The minimum Gasteiger partial charge on any atom is -0.487 e. The number of aromatic nitrogens is 2. The molecule has 0 saturated heterocycles. The third-order valence-corrected chi connectivity index (χ3v) is 7.09. The Balaban J connectivity index is 1.61. The van der Waals surface area contributed by atoms with Crippen LogP contribution in [-0.4, -0.2) is 22.7 Å². The van der Waals surface area contributed by atoms with Gasteiger partial charge < -0.3 is 4.74 Å². The van der Waals surface area contributed by atoms with Gasteiger partial charge in [0, 0.05) is 5.56 Å². The molecule has 4 heteroatoms. The smallest absolute Gasteiger partial charge is 0.159 e. The highest BCUT2D eigenvalue weighted by Gasteiger charge is 2.10. The van der Waals surface area contributed by atoms with Crippen molar-refractivity contribution >= 4 is 0 Å². The van der Waals surface area contributed by atoms with E-state index in [2.05, 4.69) is 55.0 Å². The number of alkyl halides is 1. The van der Waals surface area contributed by atoms with E-state index < -0.39 is 6.17 Å². The summed E-state index contributed by atoms with van der Waals surface area (Å²) >= 11 is 0. The van der Waals surface area contributed by atoms with Crippen molar-refractivity contribution < 1.29 is 9.13 Å². The lowest BCUT2D eigenvalue weighted by Gasteiger charge is -2.12. The van der Waals surface area contributed by atoms with Crippen LogP contribution in [0.25, 0.3) is 11.4 Å². The number of nitrogens with zero attached hydrogens (tertiary/aromatic N) is 2. The monoisotopic (exact) mass is 498 g/mol. The molecule has 2 aromatic rings. The second kappa shape index (κ2) is 19.2.